The molecule has 1 saturated heterocycles. The van der Waals surface area contributed by atoms with Crippen LogP contribution in [0.15, 0.2) is 72.8 Å². The van der Waals surface area contributed by atoms with Gasteiger partial charge in [-0.25, -0.2) is 0 Å². The van der Waals surface area contributed by atoms with E-state index in [-0.39, 0.29) is 11.9 Å². The van der Waals surface area contributed by atoms with Gasteiger partial charge >= 0.3 is 19.1 Å². The number of hydrogen-bond donors (Lipinski definition) is 0. The number of nitrogens with zero attached hydrogens (tertiary/aromatic N) is 1. The van der Waals surface area contributed by atoms with Gasteiger partial charge in [-0.05, 0) is 106 Å². The van der Waals surface area contributed by atoms with E-state index in [1.165, 1.54) is 0 Å². The summed E-state index contributed by atoms with van der Waals surface area (Å²) >= 11 is 0. The second kappa shape index (κ2) is 16.4. The van der Waals surface area contributed by atoms with Crippen LogP contribution in [0.5, 0.6) is 0 Å². The van der Waals surface area contributed by atoms with E-state index in [2.05, 4.69) is 145 Å². The molecule has 0 aliphatic carbocycles. The first-order valence-electron chi connectivity index (χ1n) is 18.1. The SMILES string of the molecule is CC1(C)OB(c2ccc(N(c3ccc(CCC(=O)OCC[Si](C)(C)C)cc3)c3ccc(CCC(=O)OCC[Si](C)(C)C)cc3)cc2)OC1(C)C. The molecule has 0 N–H and O–H groups in total. The number of hydrogen-bond acceptors (Lipinski definition) is 7. The van der Waals surface area contributed by atoms with Gasteiger partial charge in [-0.1, -0.05) is 75.7 Å². The van der Waals surface area contributed by atoms with Crippen molar-refractivity contribution in [3.63, 3.8) is 0 Å². The van der Waals surface area contributed by atoms with Crippen molar-refractivity contribution in [1.82, 2.24) is 0 Å². The normalized spacial score (nSPS) is 15.5. The molecule has 1 aliphatic heterocycles. The van der Waals surface area contributed by atoms with Gasteiger partial charge < -0.3 is 23.7 Å². The Morgan fingerprint density at radius 2 is 0.940 bits per heavy atom. The lowest BCUT2D eigenvalue weighted by Crippen LogP contribution is -2.41. The second-order valence-corrected chi connectivity index (χ2v) is 28.2. The van der Waals surface area contributed by atoms with Crippen molar-refractivity contribution in [2.75, 3.05) is 18.1 Å². The smallest absolute Gasteiger partial charge is 0.466 e. The molecule has 270 valence electrons. The number of carbonyl (C=O) groups excluding carboxylic acids is 2. The van der Waals surface area contributed by atoms with E-state index in [9.17, 15) is 9.59 Å². The lowest BCUT2D eigenvalue weighted by molar-refractivity contribution is -0.144. The second-order valence-electron chi connectivity index (χ2n) is 16.9. The Kier molecular flexibility index (Phi) is 13.0. The number of esters is 2. The first kappa shape index (κ1) is 39.6. The molecule has 4 rings (SSSR count). The highest BCUT2D eigenvalue weighted by atomic mass is 28.3. The predicted molar refractivity (Wildman–Crippen MR) is 212 cm³/mol. The maximum absolute atomic E-state index is 12.4. The summed E-state index contributed by atoms with van der Waals surface area (Å²) in [4.78, 5) is 27.0. The van der Waals surface area contributed by atoms with Crippen LogP contribution >= 0.6 is 0 Å². The van der Waals surface area contributed by atoms with Gasteiger partial charge in [-0.15, -0.1) is 0 Å². The molecule has 0 saturated carbocycles. The van der Waals surface area contributed by atoms with Crippen molar-refractivity contribution >= 4 is 57.7 Å². The first-order chi connectivity index (χ1) is 23.3. The molecule has 0 unspecified atom stereocenters. The Bertz CT molecular complexity index is 1470. The number of aryl methyl sites for hydroxylation is 2. The van der Waals surface area contributed by atoms with Crippen LogP contribution in [-0.2, 0) is 41.2 Å². The minimum atomic E-state index is -1.24. The number of anilines is 3. The summed E-state index contributed by atoms with van der Waals surface area (Å²) in [6, 6.07) is 27.0. The molecule has 50 heavy (non-hydrogen) atoms. The van der Waals surface area contributed by atoms with Crippen molar-refractivity contribution in [2.45, 2.75) is 116 Å². The minimum Gasteiger partial charge on any atom is -0.466 e. The van der Waals surface area contributed by atoms with E-state index in [1.807, 2.05) is 0 Å². The molecular weight excluding hydrogens is 657 g/mol. The molecule has 1 fully saturated rings. The third-order valence-corrected chi connectivity index (χ3v) is 12.9. The highest BCUT2D eigenvalue weighted by Crippen LogP contribution is 2.38. The molecule has 1 aliphatic rings. The highest BCUT2D eigenvalue weighted by Gasteiger charge is 2.51. The summed E-state index contributed by atoms with van der Waals surface area (Å²) in [6.45, 7) is 23.0. The number of rotatable bonds is 16. The Balaban J connectivity index is 1.49. The number of carbonyl (C=O) groups is 2. The fourth-order valence-electron chi connectivity index (χ4n) is 5.41. The molecule has 10 heteroatoms. The highest BCUT2D eigenvalue weighted by molar-refractivity contribution is 6.76. The van der Waals surface area contributed by atoms with Crippen LogP contribution in [0.2, 0.25) is 51.4 Å². The summed E-state index contributed by atoms with van der Waals surface area (Å²) in [6.07, 6.45) is 1.99. The molecule has 0 spiro atoms. The van der Waals surface area contributed by atoms with Gasteiger partial charge in [0.2, 0.25) is 0 Å². The van der Waals surface area contributed by atoms with Crippen molar-refractivity contribution in [1.29, 1.82) is 0 Å². The van der Waals surface area contributed by atoms with Crippen LogP contribution in [-0.4, -0.2) is 59.6 Å². The zero-order chi connectivity index (χ0) is 36.7. The largest absolute Gasteiger partial charge is 0.494 e. The Morgan fingerprint density at radius 3 is 1.28 bits per heavy atom. The van der Waals surface area contributed by atoms with Crippen molar-refractivity contribution in [3.05, 3.63) is 83.9 Å². The molecule has 0 amide bonds. The molecule has 0 bridgehead atoms. The number of benzene rings is 3. The maximum Gasteiger partial charge on any atom is 0.494 e. The molecular formula is C40H58BNO6Si2. The molecule has 0 aromatic heterocycles. The summed E-state index contributed by atoms with van der Waals surface area (Å²) < 4.78 is 23.6. The first-order valence-corrected chi connectivity index (χ1v) is 25.5. The van der Waals surface area contributed by atoms with E-state index in [0.717, 1.165) is 45.7 Å². The zero-order valence-electron chi connectivity index (χ0n) is 32.1. The Labute approximate surface area is 303 Å². The molecule has 1 heterocycles. The van der Waals surface area contributed by atoms with Crippen LogP contribution in [0.25, 0.3) is 0 Å². The lowest BCUT2D eigenvalue weighted by atomic mass is 9.79. The summed E-state index contributed by atoms with van der Waals surface area (Å²) in [7, 11) is -2.92. The van der Waals surface area contributed by atoms with Crippen LogP contribution in [0.3, 0.4) is 0 Å². The van der Waals surface area contributed by atoms with Crippen LogP contribution in [0.4, 0.5) is 17.1 Å². The van der Waals surface area contributed by atoms with Gasteiger partial charge in [0.15, 0.2) is 0 Å². The summed E-state index contributed by atoms with van der Waals surface area (Å²) in [5, 5.41) is 0. The van der Waals surface area contributed by atoms with Crippen molar-refractivity contribution in [2.24, 2.45) is 0 Å². The van der Waals surface area contributed by atoms with E-state index in [1.54, 1.807) is 0 Å². The van der Waals surface area contributed by atoms with Crippen molar-refractivity contribution < 1.29 is 28.4 Å². The van der Waals surface area contributed by atoms with Crippen LogP contribution in [0, 0.1) is 0 Å². The van der Waals surface area contributed by atoms with Crippen LogP contribution in [0.1, 0.15) is 51.7 Å². The topological polar surface area (TPSA) is 74.3 Å². The Hall–Kier alpha value is -3.18. The standard InChI is InChI=1S/C40H58BNO6Si2/c1-39(2)40(3,4)48-41(47-39)33-17-23-36(24-18-33)42(34-19-11-31(12-20-34)15-25-37(43)45-27-29-49(5,6)7)35-21-13-32(14-22-35)16-26-38(44)46-28-30-50(8,9)10/h11-14,17-24H,15-16,25-30H2,1-10H3. The average molecular weight is 716 g/mol. The minimum absolute atomic E-state index is 0.143. The zero-order valence-corrected chi connectivity index (χ0v) is 34.1. The third kappa shape index (κ3) is 11.7. The Morgan fingerprint density at radius 1 is 0.600 bits per heavy atom. The van der Waals surface area contributed by atoms with Gasteiger partial charge in [0.1, 0.15) is 0 Å². The van der Waals surface area contributed by atoms with E-state index in [0.29, 0.717) is 38.9 Å². The third-order valence-electron chi connectivity index (χ3n) is 9.53. The van der Waals surface area contributed by atoms with Crippen molar-refractivity contribution in [3.8, 4) is 0 Å². The van der Waals surface area contributed by atoms with E-state index < -0.39 is 34.5 Å². The predicted octanol–water partition coefficient (Wildman–Crippen LogP) is 9.08. The van der Waals surface area contributed by atoms with Gasteiger partial charge in [0.25, 0.3) is 0 Å². The summed E-state index contributed by atoms with van der Waals surface area (Å²) in [5.74, 6) is -0.285. The quantitative estimate of drug-likeness (QED) is 0.108. The molecule has 3 aromatic carbocycles. The monoisotopic (exact) mass is 715 g/mol. The fourth-order valence-corrected chi connectivity index (χ4v) is 6.84. The van der Waals surface area contributed by atoms with Gasteiger partial charge in [0.05, 0.1) is 24.4 Å². The molecule has 7 nitrogen and oxygen atoms in total. The molecule has 0 atom stereocenters. The fraction of sp³-hybridized carbons (Fsp3) is 0.500. The van der Waals surface area contributed by atoms with E-state index >= 15 is 0 Å². The molecule has 3 aromatic rings. The lowest BCUT2D eigenvalue weighted by Gasteiger charge is -2.32. The summed E-state index contributed by atoms with van der Waals surface area (Å²) in [5.41, 5.74) is 5.28. The van der Waals surface area contributed by atoms with Gasteiger partial charge in [0, 0.05) is 46.1 Å². The van der Waals surface area contributed by atoms with Gasteiger partial charge in [-0.3, -0.25) is 9.59 Å². The van der Waals surface area contributed by atoms with E-state index in [4.69, 9.17) is 18.8 Å². The van der Waals surface area contributed by atoms with Crippen LogP contribution < -0.4 is 10.4 Å². The van der Waals surface area contributed by atoms with Gasteiger partial charge in [-0.2, -0.15) is 0 Å². The number of ether oxygens (including phenoxy) is 2. The maximum atomic E-state index is 12.4. The molecule has 0 radical (unpaired) electrons. The average Bonchev–Trinajstić information content (AvgIpc) is 3.25.